The zero-order chi connectivity index (χ0) is 18.3. The molecule has 0 aliphatic carbocycles. The van der Waals surface area contributed by atoms with Crippen molar-refractivity contribution in [2.45, 2.75) is 51.7 Å². The Morgan fingerprint density at radius 1 is 1.33 bits per heavy atom. The summed E-state index contributed by atoms with van der Waals surface area (Å²) in [5, 5.41) is 2.90. The van der Waals surface area contributed by atoms with Gasteiger partial charge in [0.2, 0.25) is 11.8 Å². The molecular formula is C17H29N3O4. The van der Waals surface area contributed by atoms with Gasteiger partial charge in [0, 0.05) is 26.2 Å². The van der Waals surface area contributed by atoms with Crippen LogP contribution in [0.25, 0.3) is 0 Å². The second-order valence-corrected chi connectivity index (χ2v) is 7.09. The van der Waals surface area contributed by atoms with Gasteiger partial charge in [0.25, 0.3) is 0 Å². The van der Waals surface area contributed by atoms with Crippen molar-refractivity contribution in [3.63, 3.8) is 0 Å². The second kappa shape index (κ2) is 8.70. The van der Waals surface area contributed by atoms with E-state index in [0.717, 1.165) is 19.3 Å². The van der Waals surface area contributed by atoms with Gasteiger partial charge in [0.05, 0.1) is 6.54 Å². The van der Waals surface area contributed by atoms with Crippen molar-refractivity contribution in [2.24, 2.45) is 0 Å². The van der Waals surface area contributed by atoms with E-state index in [0.29, 0.717) is 13.1 Å². The molecule has 1 heterocycles. The summed E-state index contributed by atoms with van der Waals surface area (Å²) in [7, 11) is 1.55. The molecule has 1 aliphatic heterocycles. The lowest BCUT2D eigenvalue weighted by molar-refractivity contribution is -0.131. The molecule has 3 amide bonds. The molecule has 1 fully saturated rings. The molecule has 0 saturated carbocycles. The number of carbonyl (C=O) groups is 3. The molecule has 7 heteroatoms. The van der Waals surface area contributed by atoms with Crippen molar-refractivity contribution in [1.82, 2.24) is 15.1 Å². The monoisotopic (exact) mass is 339 g/mol. The highest BCUT2D eigenvalue weighted by molar-refractivity contribution is 5.90. The highest BCUT2D eigenvalue weighted by Crippen LogP contribution is 2.15. The van der Waals surface area contributed by atoms with Crippen LogP contribution in [0.15, 0.2) is 12.7 Å². The molecular weight excluding hydrogens is 310 g/mol. The van der Waals surface area contributed by atoms with E-state index < -0.39 is 5.60 Å². The maximum absolute atomic E-state index is 12.2. The van der Waals surface area contributed by atoms with E-state index >= 15 is 0 Å². The van der Waals surface area contributed by atoms with Crippen LogP contribution in [0.3, 0.4) is 0 Å². The first-order valence-corrected chi connectivity index (χ1v) is 8.27. The van der Waals surface area contributed by atoms with Gasteiger partial charge in [-0.3, -0.25) is 9.59 Å². The van der Waals surface area contributed by atoms with Crippen LogP contribution in [0.1, 0.15) is 40.0 Å². The highest BCUT2D eigenvalue weighted by Gasteiger charge is 2.27. The molecule has 0 radical (unpaired) electrons. The summed E-state index contributed by atoms with van der Waals surface area (Å²) >= 11 is 0. The Balaban J connectivity index is 2.58. The molecule has 1 atom stereocenters. The largest absolute Gasteiger partial charge is 0.444 e. The first kappa shape index (κ1) is 20.0. The summed E-state index contributed by atoms with van der Waals surface area (Å²) < 4.78 is 5.41. The molecule has 0 bridgehead atoms. The molecule has 0 unspecified atom stereocenters. The number of likely N-dealkylation sites (N-methyl/N-ethyl adjacent to an activating group) is 1. The predicted molar refractivity (Wildman–Crippen MR) is 91.4 cm³/mol. The number of hydrogen-bond acceptors (Lipinski definition) is 4. The first-order valence-electron chi connectivity index (χ1n) is 8.27. The van der Waals surface area contributed by atoms with Crippen LogP contribution in [0, 0.1) is 0 Å². The molecule has 24 heavy (non-hydrogen) atoms. The van der Waals surface area contributed by atoms with Crippen LogP contribution in [0.4, 0.5) is 4.79 Å². The average Bonchev–Trinajstić information content (AvgIpc) is 2.70. The summed E-state index contributed by atoms with van der Waals surface area (Å²) in [6, 6.07) is -0.139. The summed E-state index contributed by atoms with van der Waals surface area (Å²) in [5.41, 5.74) is -0.546. The zero-order valence-electron chi connectivity index (χ0n) is 15.1. The fraction of sp³-hybridized carbons (Fsp3) is 0.706. The lowest BCUT2D eigenvalue weighted by atomic mass is 10.1. The van der Waals surface area contributed by atoms with Crippen molar-refractivity contribution < 1.29 is 19.1 Å². The number of carbonyl (C=O) groups excluding carboxylic acids is 3. The first-order chi connectivity index (χ1) is 11.1. The predicted octanol–water partition coefficient (Wildman–Crippen LogP) is 1.54. The Morgan fingerprint density at radius 3 is 2.58 bits per heavy atom. The van der Waals surface area contributed by atoms with Gasteiger partial charge in [-0.15, -0.1) is 0 Å². The zero-order valence-corrected chi connectivity index (χ0v) is 15.1. The van der Waals surface area contributed by atoms with E-state index in [9.17, 15) is 14.4 Å². The molecule has 0 aromatic heterocycles. The number of ether oxygens (including phenoxy) is 1. The Hall–Kier alpha value is -2.05. The molecule has 1 rings (SSSR count). The number of likely N-dealkylation sites (tertiary alicyclic amines) is 1. The van der Waals surface area contributed by atoms with Crippen LogP contribution >= 0.6 is 0 Å². The van der Waals surface area contributed by atoms with Gasteiger partial charge in [-0.1, -0.05) is 6.58 Å². The minimum absolute atomic E-state index is 0.0339. The average molecular weight is 339 g/mol. The SMILES string of the molecule is C=CC(=O)N(C)CC(=O)N[C@H]1CCCCN(C(=O)OC(C)(C)C)C1. The van der Waals surface area contributed by atoms with Gasteiger partial charge in [-0.05, 0) is 46.1 Å². The summed E-state index contributed by atoms with van der Waals surface area (Å²) in [4.78, 5) is 38.7. The normalized spacial score (nSPS) is 18.3. The van der Waals surface area contributed by atoms with E-state index in [1.807, 2.05) is 20.8 Å². The molecule has 0 aromatic rings. The van der Waals surface area contributed by atoms with Crippen molar-refractivity contribution >= 4 is 17.9 Å². The Bertz CT molecular complexity index is 485. The number of amides is 3. The molecule has 7 nitrogen and oxygen atoms in total. The molecule has 0 spiro atoms. The van der Waals surface area contributed by atoms with E-state index in [2.05, 4.69) is 11.9 Å². The van der Waals surface area contributed by atoms with E-state index in [1.165, 1.54) is 11.0 Å². The number of hydrogen-bond donors (Lipinski definition) is 1. The highest BCUT2D eigenvalue weighted by atomic mass is 16.6. The number of nitrogens with one attached hydrogen (secondary N) is 1. The Kier molecular flexibility index (Phi) is 7.25. The van der Waals surface area contributed by atoms with Crippen LogP contribution in [0.2, 0.25) is 0 Å². The Morgan fingerprint density at radius 2 is 2.00 bits per heavy atom. The third kappa shape index (κ3) is 7.02. The minimum Gasteiger partial charge on any atom is -0.444 e. The molecule has 1 saturated heterocycles. The molecule has 136 valence electrons. The lowest BCUT2D eigenvalue weighted by Crippen LogP contribution is -2.48. The Labute approximate surface area is 144 Å². The van der Waals surface area contributed by atoms with Crippen LogP contribution in [0.5, 0.6) is 0 Å². The number of rotatable bonds is 4. The van der Waals surface area contributed by atoms with Crippen molar-refractivity contribution in [2.75, 3.05) is 26.7 Å². The standard InChI is InChI=1S/C17H29N3O4/c1-6-15(22)19(5)12-14(21)18-13-9-7-8-10-20(11-13)16(23)24-17(2,3)4/h6,13H,1,7-12H2,2-5H3,(H,18,21)/t13-/m0/s1. The minimum atomic E-state index is -0.546. The second-order valence-electron chi connectivity index (χ2n) is 7.09. The maximum atomic E-state index is 12.2. The number of nitrogens with zero attached hydrogens (tertiary/aromatic N) is 2. The quantitative estimate of drug-likeness (QED) is 0.788. The van der Waals surface area contributed by atoms with E-state index in [4.69, 9.17) is 4.74 Å². The van der Waals surface area contributed by atoms with Crippen molar-refractivity contribution in [1.29, 1.82) is 0 Å². The van der Waals surface area contributed by atoms with E-state index in [1.54, 1.807) is 11.9 Å². The maximum Gasteiger partial charge on any atom is 0.410 e. The molecule has 1 aliphatic rings. The molecule has 1 N–H and O–H groups in total. The molecule has 0 aromatic carbocycles. The lowest BCUT2D eigenvalue weighted by Gasteiger charge is -2.28. The third-order valence-corrected chi connectivity index (χ3v) is 3.62. The summed E-state index contributed by atoms with van der Waals surface area (Å²) in [6.07, 6.45) is 3.40. The van der Waals surface area contributed by atoms with Crippen LogP contribution < -0.4 is 5.32 Å². The topological polar surface area (TPSA) is 79.0 Å². The van der Waals surface area contributed by atoms with Crippen molar-refractivity contribution in [3.05, 3.63) is 12.7 Å². The third-order valence-electron chi connectivity index (χ3n) is 3.62. The van der Waals surface area contributed by atoms with Gasteiger partial charge < -0.3 is 19.9 Å². The fourth-order valence-electron chi connectivity index (χ4n) is 2.47. The fourth-order valence-corrected chi connectivity index (χ4v) is 2.47. The van der Waals surface area contributed by atoms with Gasteiger partial charge in [0.1, 0.15) is 5.60 Å². The van der Waals surface area contributed by atoms with E-state index in [-0.39, 0.29) is 30.5 Å². The van der Waals surface area contributed by atoms with Crippen molar-refractivity contribution in [3.8, 4) is 0 Å². The van der Waals surface area contributed by atoms with Gasteiger partial charge in [-0.2, -0.15) is 0 Å². The van der Waals surface area contributed by atoms with Gasteiger partial charge in [0.15, 0.2) is 0 Å². The summed E-state index contributed by atoms with van der Waals surface area (Å²) in [5.74, 6) is -0.551. The van der Waals surface area contributed by atoms with Crippen LogP contribution in [-0.4, -0.2) is 66.0 Å². The summed E-state index contributed by atoms with van der Waals surface area (Å²) in [6.45, 7) is 9.88. The smallest absolute Gasteiger partial charge is 0.410 e. The van der Waals surface area contributed by atoms with Gasteiger partial charge in [-0.25, -0.2) is 4.79 Å². The van der Waals surface area contributed by atoms with Crippen LogP contribution in [-0.2, 0) is 14.3 Å². The van der Waals surface area contributed by atoms with Gasteiger partial charge >= 0.3 is 6.09 Å².